The number of benzene rings is 1. The molecule has 154 valence electrons. The van der Waals surface area contributed by atoms with E-state index in [4.69, 9.17) is 16.3 Å². The van der Waals surface area contributed by atoms with Crippen LogP contribution in [0.5, 0.6) is 0 Å². The number of halogens is 2. The van der Waals surface area contributed by atoms with Gasteiger partial charge in [-0.05, 0) is 55.7 Å². The Bertz CT molecular complexity index is 718. The van der Waals surface area contributed by atoms with Gasteiger partial charge in [0.1, 0.15) is 5.82 Å². The number of aliphatic hydroxyl groups is 1. The zero-order valence-electron chi connectivity index (χ0n) is 16.1. The Hall–Kier alpha value is -1.21. The fourth-order valence-corrected chi connectivity index (χ4v) is 5.35. The monoisotopic (exact) mass is 410 g/mol. The van der Waals surface area contributed by atoms with E-state index in [1.54, 1.807) is 0 Å². The van der Waals surface area contributed by atoms with E-state index in [9.17, 15) is 14.3 Å². The number of aliphatic hydroxyl groups excluding tert-OH is 1. The van der Waals surface area contributed by atoms with E-state index in [1.165, 1.54) is 18.2 Å². The van der Waals surface area contributed by atoms with Crippen LogP contribution in [0, 0.1) is 11.2 Å². The molecule has 0 radical (unpaired) electrons. The quantitative estimate of drug-likeness (QED) is 0.814. The molecule has 0 aliphatic carbocycles. The lowest BCUT2D eigenvalue weighted by atomic mass is 9.71. The van der Waals surface area contributed by atoms with E-state index < -0.39 is 5.82 Å². The summed E-state index contributed by atoms with van der Waals surface area (Å²) in [6, 6.07) is 4.40. The predicted octanol–water partition coefficient (Wildman–Crippen LogP) is 2.95. The third-order valence-electron chi connectivity index (χ3n) is 6.63. The van der Waals surface area contributed by atoms with Crippen LogP contribution in [0.1, 0.15) is 42.5 Å². The van der Waals surface area contributed by atoms with E-state index >= 15 is 0 Å². The summed E-state index contributed by atoms with van der Waals surface area (Å²) in [6.45, 7) is 4.59. The summed E-state index contributed by atoms with van der Waals surface area (Å²) < 4.78 is 18.8. The third-order valence-corrected chi connectivity index (χ3v) is 6.95. The molecule has 1 amide bonds. The molecular formula is C21H28ClFN2O3. The van der Waals surface area contributed by atoms with Gasteiger partial charge in [0.05, 0.1) is 16.7 Å². The van der Waals surface area contributed by atoms with Gasteiger partial charge in [-0.25, -0.2) is 4.39 Å². The number of nitrogens with zero attached hydrogens (tertiary/aromatic N) is 2. The van der Waals surface area contributed by atoms with Crippen LogP contribution in [0.25, 0.3) is 0 Å². The molecule has 1 aromatic carbocycles. The van der Waals surface area contributed by atoms with Crippen molar-refractivity contribution in [2.45, 2.75) is 44.2 Å². The summed E-state index contributed by atoms with van der Waals surface area (Å²) in [5, 5.41) is 10.7. The zero-order chi connectivity index (χ0) is 19.7. The normalized spacial score (nSPS) is 26.5. The summed E-state index contributed by atoms with van der Waals surface area (Å²) in [5.74, 6) is -0.582. The average molecular weight is 411 g/mol. The molecule has 0 aromatic heterocycles. The number of ether oxygens (including phenoxy) is 1. The Morgan fingerprint density at radius 2 is 1.96 bits per heavy atom. The largest absolute Gasteiger partial charge is 0.392 e. The van der Waals surface area contributed by atoms with Crippen molar-refractivity contribution < 1.29 is 19.0 Å². The Morgan fingerprint density at radius 1 is 1.25 bits per heavy atom. The van der Waals surface area contributed by atoms with Crippen LogP contribution in [0.2, 0.25) is 5.02 Å². The van der Waals surface area contributed by atoms with Gasteiger partial charge in [0.15, 0.2) is 0 Å². The van der Waals surface area contributed by atoms with Crippen molar-refractivity contribution in [2.24, 2.45) is 5.41 Å². The van der Waals surface area contributed by atoms with Crippen molar-refractivity contribution in [2.75, 3.05) is 39.4 Å². The minimum absolute atomic E-state index is 0.0549. The highest BCUT2D eigenvalue weighted by atomic mass is 35.5. The molecule has 0 bridgehead atoms. The maximum Gasteiger partial charge on any atom is 0.255 e. The molecule has 1 aromatic rings. The standard InChI is InChI=1S/C21H28ClFN2O3/c22-19-11-15(23)1-2-18(19)20(27)24-7-5-21(6-8-24)12-17(26)13-25(14-21)16-3-9-28-10-4-16/h1-2,11,16-17,26H,3-10,12-14H2. The molecule has 3 aliphatic heterocycles. The fourth-order valence-electron chi connectivity index (χ4n) is 5.10. The fraction of sp³-hybridized carbons (Fsp3) is 0.667. The van der Waals surface area contributed by atoms with Crippen LogP contribution in [0.3, 0.4) is 0 Å². The Morgan fingerprint density at radius 3 is 2.64 bits per heavy atom. The van der Waals surface area contributed by atoms with E-state index in [-0.39, 0.29) is 22.4 Å². The molecule has 5 nitrogen and oxygen atoms in total. The van der Waals surface area contributed by atoms with Crippen LogP contribution in [-0.4, -0.2) is 72.4 Å². The lowest BCUT2D eigenvalue weighted by Crippen LogP contribution is -2.57. The maximum atomic E-state index is 13.3. The second-order valence-corrected chi connectivity index (χ2v) is 8.95. The highest BCUT2D eigenvalue weighted by molar-refractivity contribution is 6.33. The molecule has 1 unspecified atom stereocenters. The summed E-state index contributed by atoms with van der Waals surface area (Å²) in [7, 11) is 0. The average Bonchev–Trinajstić information content (AvgIpc) is 2.68. The summed E-state index contributed by atoms with van der Waals surface area (Å²) in [6.07, 6.45) is 4.27. The lowest BCUT2D eigenvalue weighted by Gasteiger charge is -2.51. The summed E-state index contributed by atoms with van der Waals surface area (Å²) >= 11 is 6.07. The Labute approximate surface area is 170 Å². The van der Waals surface area contributed by atoms with Crippen LogP contribution < -0.4 is 0 Å². The number of amides is 1. The molecule has 3 saturated heterocycles. The number of carbonyl (C=O) groups excluding carboxylic acids is 1. The SMILES string of the molecule is O=C(c1ccc(F)cc1Cl)N1CCC2(CC1)CC(O)CN(C1CCOCC1)C2. The molecule has 1 atom stereocenters. The second-order valence-electron chi connectivity index (χ2n) is 8.55. The molecule has 1 spiro atoms. The van der Waals surface area contributed by atoms with Gasteiger partial charge in [-0.3, -0.25) is 9.69 Å². The van der Waals surface area contributed by atoms with Crippen LogP contribution in [0.15, 0.2) is 18.2 Å². The van der Waals surface area contributed by atoms with E-state index in [0.717, 1.165) is 58.4 Å². The molecular weight excluding hydrogens is 383 g/mol. The molecule has 3 heterocycles. The number of hydrogen-bond acceptors (Lipinski definition) is 4. The first-order chi connectivity index (χ1) is 13.5. The van der Waals surface area contributed by atoms with E-state index in [2.05, 4.69) is 4.90 Å². The lowest BCUT2D eigenvalue weighted by molar-refractivity contribution is -0.0695. The van der Waals surface area contributed by atoms with Gasteiger partial charge in [0, 0.05) is 45.4 Å². The topological polar surface area (TPSA) is 53.0 Å². The number of carbonyl (C=O) groups is 1. The van der Waals surface area contributed by atoms with Crippen LogP contribution >= 0.6 is 11.6 Å². The van der Waals surface area contributed by atoms with Crippen molar-refractivity contribution in [3.8, 4) is 0 Å². The first kappa shape index (κ1) is 20.1. The predicted molar refractivity (Wildman–Crippen MR) is 105 cm³/mol. The van der Waals surface area contributed by atoms with Gasteiger partial charge in [0.25, 0.3) is 5.91 Å². The van der Waals surface area contributed by atoms with E-state index in [0.29, 0.717) is 24.7 Å². The number of likely N-dealkylation sites (tertiary alicyclic amines) is 2. The van der Waals surface area contributed by atoms with Crippen molar-refractivity contribution in [1.29, 1.82) is 0 Å². The van der Waals surface area contributed by atoms with Crippen molar-refractivity contribution in [1.82, 2.24) is 9.80 Å². The zero-order valence-corrected chi connectivity index (χ0v) is 16.8. The van der Waals surface area contributed by atoms with Crippen molar-refractivity contribution in [3.05, 3.63) is 34.6 Å². The van der Waals surface area contributed by atoms with Gasteiger partial charge in [-0.15, -0.1) is 0 Å². The molecule has 1 N–H and O–H groups in total. The number of piperidine rings is 2. The summed E-state index contributed by atoms with van der Waals surface area (Å²) in [5.41, 5.74) is 0.408. The van der Waals surface area contributed by atoms with Crippen molar-refractivity contribution in [3.63, 3.8) is 0 Å². The highest BCUT2D eigenvalue weighted by Gasteiger charge is 2.44. The van der Waals surface area contributed by atoms with Crippen molar-refractivity contribution >= 4 is 17.5 Å². The molecule has 4 rings (SSSR count). The molecule has 0 saturated carbocycles. The Kier molecular flexibility index (Phi) is 5.93. The summed E-state index contributed by atoms with van der Waals surface area (Å²) in [4.78, 5) is 17.1. The van der Waals surface area contributed by atoms with Gasteiger partial charge in [-0.2, -0.15) is 0 Å². The number of rotatable bonds is 2. The molecule has 3 fully saturated rings. The second kappa shape index (κ2) is 8.27. The van der Waals surface area contributed by atoms with Gasteiger partial charge in [-0.1, -0.05) is 11.6 Å². The van der Waals surface area contributed by atoms with E-state index in [1.807, 2.05) is 4.90 Å². The molecule has 3 aliphatic rings. The first-order valence-electron chi connectivity index (χ1n) is 10.2. The molecule has 28 heavy (non-hydrogen) atoms. The van der Waals surface area contributed by atoms with Gasteiger partial charge >= 0.3 is 0 Å². The third kappa shape index (κ3) is 4.20. The maximum absolute atomic E-state index is 13.3. The van der Waals surface area contributed by atoms with Gasteiger partial charge < -0.3 is 14.7 Å². The number of hydrogen-bond donors (Lipinski definition) is 1. The molecule has 7 heteroatoms. The Balaban J connectivity index is 1.41. The van der Waals surface area contributed by atoms with Crippen LogP contribution in [0.4, 0.5) is 4.39 Å². The smallest absolute Gasteiger partial charge is 0.255 e. The van der Waals surface area contributed by atoms with Crippen LogP contribution in [-0.2, 0) is 4.74 Å². The number of β-amino-alcohol motifs (C(OH)–C–C–N with tert-alkyl or cyclic N) is 1. The first-order valence-corrected chi connectivity index (χ1v) is 10.6. The minimum Gasteiger partial charge on any atom is -0.392 e. The highest BCUT2D eigenvalue weighted by Crippen LogP contribution is 2.41. The minimum atomic E-state index is -0.441. The van der Waals surface area contributed by atoms with Gasteiger partial charge in [0.2, 0.25) is 0 Å².